The molecule has 0 radical (unpaired) electrons. The number of benzene rings is 2. The minimum absolute atomic E-state index is 0.101. The second kappa shape index (κ2) is 9.23. The number of ether oxygens (including phenoxy) is 1. The molecule has 0 spiro atoms. The van der Waals surface area contributed by atoms with Crippen LogP contribution in [0.3, 0.4) is 0 Å². The molecule has 1 N–H and O–H groups in total. The van der Waals surface area contributed by atoms with Crippen LogP contribution < -0.4 is 10.1 Å². The second-order valence-corrected chi connectivity index (χ2v) is 10.3. The van der Waals surface area contributed by atoms with Gasteiger partial charge in [-0.1, -0.05) is 42.1 Å². The predicted molar refractivity (Wildman–Crippen MR) is 134 cm³/mol. The highest BCUT2D eigenvalue weighted by Gasteiger charge is 2.30. The van der Waals surface area contributed by atoms with Crippen molar-refractivity contribution < 1.29 is 9.53 Å². The Bertz CT molecular complexity index is 1330. The van der Waals surface area contributed by atoms with Crippen LogP contribution in [0.5, 0.6) is 5.75 Å². The number of nitrogens with zero attached hydrogens (tertiary/aromatic N) is 4. The van der Waals surface area contributed by atoms with Crippen molar-refractivity contribution in [1.29, 1.82) is 0 Å². The number of thiazole rings is 1. The molecule has 0 saturated heterocycles. The van der Waals surface area contributed by atoms with Gasteiger partial charge in [-0.3, -0.25) is 4.79 Å². The summed E-state index contributed by atoms with van der Waals surface area (Å²) in [7, 11) is 0. The highest BCUT2D eigenvalue weighted by molar-refractivity contribution is 7.99. The lowest BCUT2D eigenvalue weighted by atomic mass is 10.1. The third-order valence-electron chi connectivity index (χ3n) is 5.94. The summed E-state index contributed by atoms with van der Waals surface area (Å²) in [5.74, 6) is 2.61. The average molecular weight is 490 g/mol. The number of fused-ring (bicyclic) bond motifs is 1. The summed E-state index contributed by atoms with van der Waals surface area (Å²) >= 11 is 2.85. The predicted octanol–water partition coefficient (Wildman–Crippen LogP) is 4.99. The van der Waals surface area contributed by atoms with E-state index in [0.717, 1.165) is 53.9 Å². The van der Waals surface area contributed by atoms with E-state index in [-0.39, 0.29) is 11.7 Å². The van der Waals surface area contributed by atoms with Gasteiger partial charge in [0.1, 0.15) is 11.6 Å². The van der Waals surface area contributed by atoms with E-state index in [1.54, 1.807) is 0 Å². The van der Waals surface area contributed by atoms with Gasteiger partial charge in [-0.25, -0.2) is 4.98 Å². The maximum atomic E-state index is 12.7. The van der Waals surface area contributed by atoms with E-state index in [9.17, 15) is 4.79 Å². The molecule has 1 saturated carbocycles. The first-order chi connectivity index (χ1) is 16.7. The fourth-order valence-electron chi connectivity index (χ4n) is 4.06. The number of carbonyl (C=O) groups is 1. The first-order valence-electron chi connectivity index (χ1n) is 11.3. The summed E-state index contributed by atoms with van der Waals surface area (Å²) < 4.78 is 7.74. The molecule has 172 valence electrons. The van der Waals surface area contributed by atoms with Crippen LogP contribution in [-0.2, 0) is 17.8 Å². The van der Waals surface area contributed by atoms with Gasteiger partial charge in [0.25, 0.3) is 0 Å². The van der Waals surface area contributed by atoms with Gasteiger partial charge in [0.2, 0.25) is 5.91 Å². The quantitative estimate of drug-likeness (QED) is 0.351. The maximum Gasteiger partial charge on any atom is 0.236 e. The van der Waals surface area contributed by atoms with E-state index >= 15 is 0 Å². The Morgan fingerprint density at radius 3 is 2.91 bits per heavy atom. The van der Waals surface area contributed by atoms with E-state index in [2.05, 4.69) is 43.3 Å². The van der Waals surface area contributed by atoms with Crippen LogP contribution in [0.2, 0.25) is 0 Å². The van der Waals surface area contributed by atoms with Crippen LogP contribution in [0.4, 0.5) is 5.13 Å². The van der Waals surface area contributed by atoms with E-state index in [0.29, 0.717) is 17.6 Å². The van der Waals surface area contributed by atoms with Crippen LogP contribution in [0.15, 0.2) is 59.1 Å². The highest BCUT2D eigenvalue weighted by atomic mass is 32.2. The van der Waals surface area contributed by atoms with Crippen molar-refractivity contribution in [2.45, 2.75) is 36.9 Å². The molecule has 6 rings (SSSR count). The molecule has 0 atom stereocenters. The zero-order valence-electron chi connectivity index (χ0n) is 18.4. The molecule has 2 aromatic heterocycles. The Kier molecular flexibility index (Phi) is 5.80. The van der Waals surface area contributed by atoms with Crippen molar-refractivity contribution in [3.8, 4) is 17.0 Å². The van der Waals surface area contributed by atoms with Gasteiger partial charge in [0.05, 0.1) is 24.6 Å². The van der Waals surface area contributed by atoms with E-state index in [1.807, 2.05) is 35.7 Å². The van der Waals surface area contributed by atoms with E-state index in [1.165, 1.54) is 34.2 Å². The Labute approximate surface area is 205 Å². The van der Waals surface area contributed by atoms with Crippen molar-refractivity contribution in [2.75, 3.05) is 17.7 Å². The number of hydrogen-bond acceptors (Lipinski definition) is 7. The molecule has 2 aliphatic rings. The summed E-state index contributed by atoms with van der Waals surface area (Å²) in [6, 6.07) is 16.4. The molecule has 4 aromatic rings. The molecule has 1 amide bonds. The minimum atomic E-state index is -0.101. The Balaban J connectivity index is 1.11. The van der Waals surface area contributed by atoms with Crippen LogP contribution in [0.1, 0.15) is 35.7 Å². The summed E-state index contributed by atoms with van der Waals surface area (Å²) in [6.07, 6.45) is 3.23. The standard InChI is InChI=1S/C25H23N5O2S2/c31-22(27-24-26-20(14-33-24)18-8-9-21-19(12-18)10-11-32-21)15-34-25-29-28-23(17-6-7-17)30(25)13-16-4-2-1-3-5-16/h1-5,8-9,12,14,17H,6-7,10-11,13,15H2,(H,26,27,31). The van der Waals surface area contributed by atoms with Crippen molar-refractivity contribution in [3.05, 3.63) is 70.9 Å². The van der Waals surface area contributed by atoms with Crippen LogP contribution in [0.25, 0.3) is 11.3 Å². The molecule has 1 fully saturated rings. The van der Waals surface area contributed by atoms with Crippen LogP contribution >= 0.6 is 23.1 Å². The van der Waals surface area contributed by atoms with Crippen molar-refractivity contribution in [1.82, 2.24) is 19.7 Å². The molecule has 9 heteroatoms. The van der Waals surface area contributed by atoms with Crippen LogP contribution in [-0.4, -0.2) is 38.0 Å². The Morgan fingerprint density at radius 1 is 1.18 bits per heavy atom. The van der Waals surface area contributed by atoms with Crippen molar-refractivity contribution in [2.24, 2.45) is 0 Å². The first kappa shape index (κ1) is 21.4. The fourth-order valence-corrected chi connectivity index (χ4v) is 5.54. The number of thioether (sulfide) groups is 1. The smallest absolute Gasteiger partial charge is 0.236 e. The van der Waals surface area contributed by atoms with E-state index in [4.69, 9.17) is 4.74 Å². The summed E-state index contributed by atoms with van der Waals surface area (Å²) in [5.41, 5.74) is 4.30. The van der Waals surface area contributed by atoms with Gasteiger partial charge in [-0.2, -0.15) is 0 Å². The van der Waals surface area contributed by atoms with Gasteiger partial charge in [0.15, 0.2) is 10.3 Å². The zero-order valence-corrected chi connectivity index (χ0v) is 20.1. The number of rotatable bonds is 8. The van der Waals surface area contributed by atoms with Gasteiger partial charge in [-0.05, 0) is 42.2 Å². The molecule has 1 aliphatic carbocycles. The lowest BCUT2D eigenvalue weighted by Crippen LogP contribution is -2.15. The largest absolute Gasteiger partial charge is 0.493 e. The summed E-state index contributed by atoms with van der Waals surface area (Å²) in [4.78, 5) is 17.3. The van der Waals surface area contributed by atoms with Crippen molar-refractivity contribution in [3.63, 3.8) is 0 Å². The molecule has 2 aromatic carbocycles. The number of anilines is 1. The monoisotopic (exact) mass is 489 g/mol. The maximum absolute atomic E-state index is 12.7. The number of carbonyl (C=O) groups excluding carboxylic acids is 1. The Hall–Kier alpha value is -3.17. The van der Waals surface area contributed by atoms with E-state index < -0.39 is 0 Å². The van der Waals surface area contributed by atoms with Gasteiger partial charge < -0.3 is 14.6 Å². The molecular weight excluding hydrogens is 466 g/mol. The molecule has 34 heavy (non-hydrogen) atoms. The topological polar surface area (TPSA) is 81.9 Å². The number of hydrogen-bond donors (Lipinski definition) is 1. The molecule has 3 heterocycles. The van der Waals surface area contributed by atoms with Gasteiger partial charge >= 0.3 is 0 Å². The summed E-state index contributed by atoms with van der Waals surface area (Å²) in [5, 5.41) is 15.1. The number of nitrogens with one attached hydrogen (secondary N) is 1. The summed E-state index contributed by atoms with van der Waals surface area (Å²) in [6.45, 7) is 1.45. The second-order valence-electron chi connectivity index (χ2n) is 8.48. The minimum Gasteiger partial charge on any atom is -0.493 e. The van der Waals surface area contributed by atoms with Crippen LogP contribution in [0, 0.1) is 0 Å². The zero-order chi connectivity index (χ0) is 22.9. The SMILES string of the molecule is O=C(CSc1nnc(C2CC2)n1Cc1ccccc1)Nc1nc(-c2ccc3c(c2)CCO3)cs1. The molecular formula is C25H23N5O2S2. The van der Waals surface area contributed by atoms with Crippen molar-refractivity contribution >= 4 is 34.1 Å². The lowest BCUT2D eigenvalue weighted by Gasteiger charge is -2.10. The average Bonchev–Trinajstić information content (AvgIpc) is 3.23. The lowest BCUT2D eigenvalue weighted by molar-refractivity contribution is -0.113. The Morgan fingerprint density at radius 2 is 2.06 bits per heavy atom. The first-order valence-corrected chi connectivity index (χ1v) is 13.2. The third-order valence-corrected chi connectivity index (χ3v) is 7.66. The highest BCUT2D eigenvalue weighted by Crippen LogP contribution is 2.40. The molecule has 7 nitrogen and oxygen atoms in total. The molecule has 0 unspecified atom stereocenters. The van der Waals surface area contributed by atoms with Gasteiger partial charge in [0, 0.05) is 23.3 Å². The number of aromatic nitrogens is 4. The molecule has 0 bridgehead atoms. The molecule has 1 aliphatic heterocycles. The normalized spacial score (nSPS) is 14.6. The third kappa shape index (κ3) is 4.58. The fraction of sp³-hybridized carbons (Fsp3) is 0.280. The van der Waals surface area contributed by atoms with Gasteiger partial charge in [-0.15, -0.1) is 21.5 Å². The number of amides is 1.